The van der Waals surface area contributed by atoms with Gasteiger partial charge in [0.1, 0.15) is 5.82 Å². The Kier molecular flexibility index (Phi) is 6.02. The third-order valence-electron chi connectivity index (χ3n) is 4.03. The Bertz CT molecular complexity index is 736. The normalized spacial score (nSPS) is 16.5. The van der Waals surface area contributed by atoms with Gasteiger partial charge in [0.15, 0.2) is 11.0 Å². The summed E-state index contributed by atoms with van der Waals surface area (Å²) < 4.78 is 20.6. The first-order chi connectivity index (χ1) is 12.2. The Balaban J connectivity index is 1.83. The molecule has 132 valence electrons. The van der Waals surface area contributed by atoms with E-state index >= 15 is 0 Å². The number of hydrogen-bond acceptors (Lipinski definition) is 6. The SMILES string of the molecule is CC(C#N)Sc1nnc(-c2ccc(F)cc2)n1CCN1CCOCC1. The average molecular weight is 361 g/mol. The van der Waals surface area contributed by atoms with E-state index in [9.17, 15) is 4.39 Å². The molecular weight excluding hydrogens is 341 g/mol. The van der Waals surface area contributed by atoms with Gasteiger partial charge in [0.25, 0.3) is 0 Å². The number of nitrogens with zero attached hydrogens (tertiary/aromatic N) is 5. The van der Waals surface area contributed by atoms with Gasteiger partial charge in [0, 0.05) is 31.7 Å². The van der Waals surface area contributed by atoms with Crippen molar-refractivity contribution in [2.75, 3.05) is 32.8 Å². The van der Waals surface area contributed by atoms with E-state index in [2.05, 4.69) is 21.2 Å². The number of hydrogen-bond donors (Lipinski definition) is 0. The molecule has 1 atom stereocenters. The van der Waals surface area contributed by atoms with Gasteiger partial charge in [0.05, 0.1) is 24.5 Å². The topological polar surface area (TPSA) is 67.0 Å². The largest absolute Gasteiger partial charge is 0.379 e. The molecule has 2 aromatic rings. The summed E-state index contributed by atoms with van der Waals surface area (Å²) in [7, 11) is 0. The van der Waals surface area contributed by atoms with Gasteiger partial charge in [-0.3, -0.25) is 4.90 Å². The van der Waals surface area contributed by atoms with E-state index in [-0.39, 0.29) is 11.1 Å². The highest BCUT2D eigenvalue weighted by Gasteiger charge is 2.18. The minimum Gasteiger partial charge on any atom is -0.379 e. The number of morpholine rings is 1. The van der Waals surface area contributed by atoms with Gasteiger partial charge >= 0.3 is 0 Å². The molecule has 0 bridgehead atoms. The van der Waals surface area contributed by atoms with Crippen molar-refractivity contribution in [1.29, 1.82) is 5.26 Å². The zero-order valence-electron chi connectivity index (χ0n) is 14.1. The maximum atomic E-state index is 13.2. The highest BCUT2D eigenvalue weighted by atomic mass is 32.2. The first kappa shape index (κ1) is 17.9. The van der Waals surface area contributed by atoms with Gasteiger partial charge in [-0.1, -0.05) is 11.8 Å². The molecule has 1 fully saturated rings. The molecule has 1 unspecified atom stereocenters. The van der Waals surface area contributed by atoms with Gasteiger partial charge in [-0.15, -0.1) is 10.2 Å². The van der Waals surface area contributed by atoms with Crippen LogP contribution in [0.2, 0.25) is 0 Å². The second kappa shape index (κ2) is 8.43. The molecule has 1 saturated heterocycles. The summed E-state index contributed by atoms with van der Waals surface area (Å²) >= 11 is 1.39. The Morgan fingerprint density at radius 2 is 1.96 bits per heavy atom. The number of aromatic nitrogens is 3. The quantitative estimate of drug-likeness (QED) is 0.736. The highest BCUT2D eigenvalue weighted by Crippen LogP contribution is 2.26. The predicted octanol–water partition coefficient (Wildman–Crippen LogP) is 2.42. The van der Waals surface area contributed by atoms with Gasteiger partial charge < -0.3 is 9.30 Å². The molecular formula is C17H20FN5OS. The summed E-state index contributed by atoms with van der Waals surface area (Å²) in [5.41, 5.74) is 0.812. The number of thioether (sulfide) groups is 1. The van der Waals surface area contributed by atoms with E-state index in [4.69, 9.17) is 10.00 Å². The van der Waals surface area contributed by atoms with Crippen LogP contribution in [0.4, 0.5) is 4.39 Å². The first-order valence-electron chi connectivity index (χ1n) is 8.23. The molecule has 1 aromatic carbocycles. The Hall–Kier alpha value is -1.95. The first-order valence-corrected chi connectivity index (χ1v) is 9.11. The lowest BCUT2D eigenvalue weighted by atomic mass is 10.2. The van der Waals surface area contributed by atoms with Crippen LogP contribution in [0.1, 0.15) is 6.92 Å². The lowest BCUT2D eigenvalue weighted by Gasteiger charge is -2.27. The molecule has 0 saturated carbocycles. The fourth-order valence-electron chi connectivity index (χ4n) is 2.64. The molecule has 2 heterocycles. The molecule has 1 aliphatic heterocycles. The lowest BCUT2D eigenvalue weighted by molar-refractivity contribution is 0.0361. The summed E-state index contributed by atoms with van der Waals surface area (Å²) in [5, 5.41) is 18.1. The zero-order valence-corrected chi connectivity index (χ0v) is 14.9. The lowest BCUT2D eigenvalue weighted by Crippen LogP contribution is -2.38. The van der Waals surface area contributed by atoms with Crippen LogP contribution < -0.4 is 0 Å². The van der Waals surface area contributed by atoms with Crippen LogP contribution >= 0.6 is 11.8 Å². The summed E-state index contributed by atoms with van der Waals surface area (Å²) in [6.45, 7) is 6.71. The van der Waals surface area contributed by atoms with E-state index in [1.165, 1.54) is 23.9 Å². The fraction of sp³-hybridized carbons (Fsp3) is 0.471. The minimum atomic E-state index is -0.282. The molecule has 3 rings (SSSR count). The molecule has 1 aromatic heterocycles. The van der Waals surface area contributed by atoms with Crippen molar-refractivity contribution in [2.24, 2.45) is 0 Å². The molecule has 0 N–H and O–H groups in total. The zero-order chi connectivity index (χ0) is 17.6. The number of benzene rings is 1. The average Bonchev–Trinajstić information content (AvgIpc) is 3.03. The monoisotopic (exact) mass is 361 g/mol. The summed E-state index contributed by atoms with van der Waals surface area (Å²) in [4.78, 5) is 2.33. The number of rotatable bonds is 6. The standard InChI is InChI=1S/C17H20FN5OS/c1-13(12-19)25-17-21-20-16(14-2-4-15(18)5-3-14)23(17)7-6-22-8-10-24-11-9-22/h2-5,13H,6-11H2,1H3. The predicted molar refractivity (Wildman–Crippen MR) is 93.6 cm³/mol. The fourth-order valence-corrected chi connectivity index (χ4v) is 3.40. The highest BCUT2D eigenvalue weighted by molar-refractivity contribution is 8.00. The third-order valence-corrected chi connectivity index (χ3v) is 5.00. The van der Waals surface area contributed by atoms with Crippen molar-refractivity contribution < 1.29 is 9.13 Å². The van der Waals surface area contributed by atoms with E-state index in [0.29, 0.717) is 17.5 Å². The Labute approximate surface area is 150 Å². The van der Waals surface area contributed by atoms with E-state index in [1.54, 1.807) is 12.1 Å². The van der Waals surface area contributed by atoms with Gasteiger partial charge in [-0.05, 0) is 31.2 Å². The summed E-state index contributed by atoms with van der Waals surface area (Å²) in [6.07, 6.45) is 0. The van der Waals surface area contributed by atoms with Gasteiger partial charge in [-0.2, -0.15) is 5.26 Å². The van der Waals surface area contributed by atoms with Crippen LogP contribution in [0, 0.1) is 17.1 Å². The van der Waals surface area contributed by atoms with Crippen LogP contribution in [0.5, 0.6) is 0 Å². The van der Waals surface area contributed by atoms with E-state index < -0.39 is 0 Å². The molecule has 0 amide bonds. The van der Waals surface area contributed by atoms with Crippen LogP contribution in [-0.2, 0) is 11.3 Å². The summed E-state index contributed by atoms with van der Waals surface area (Å²) in [6, 6.07) is 8.45. The summed E-state index contributed by atoms with van der Waals surface area (Å²) in [5.74, 6) is 0.414. The van der Waals surface area contributed by atoms with E-state index in [0.717, 1.165) is 38.4 Å². The van der Waals surface area contributed by atoms with Crippen LogP contribution in [0.15, 0.2) is 29.4 Å². The molecule has 0 spiro atoms. The second-order valence-corrected chi connectivity index (χ2v) is 7.12. The molecule has 6 nitrogen and oxygen atoms in total. The van der Waals surface area contributed by atoms with Gasteiger partial charge in [0.2, 0.25) is 0 Å². The minimum absolute atomic E-state index is 0.215. The van der Waals surface area contributed by atoms with Crippen LogP contribution in [-0.4, -0.2) is 57.8 Å². The van der Waals surface area contributed by atoms with Crippen molar-refractivity contribution in [1.82, 2.24) is 19.7 Å². The molecule has 8 heteroatoms. The number of nitriles is 1. The van der Waals surface area contributed by atoms with Crippen molar-refractivity contribution in [3.8, 4) is 17.5 Å². The Morgan fingerprint density at radius 3 is 2.64 bits per heavy atom. The molecule has 25 heavy (non-hydrogen) atoms. The number of halogens is 1. The second-order valence-electron chi connectivity index (χ2n) is 5.81. The van der Waals surface area contributed by atoms with Crippen LogP contribution in [0.3, 0.4) is 0 Å². The van der Waals surface area contributed by atoms with Crippen molar-refractivity contribution in [2.45, 2.75) is 23.9 Å². The Morgan fingerprint density at radius 1 is 1.24 bits per heavy atom. The molecule has 0 aliphatic carbocycles. The molecule has 0 radical (unpaired) electrons. The van der Waals surface area contributed by atoms with Crippen molar-refractivity contribution in [3.05, 3.63) is 30.1 Å². The van der Waals surface area contributed by atoms with Crippen molar-refractivity contribution in [3.63, 3.8) is 0 Å². The smallest absolute Gasteiger partial charge is 0.192 e. The maximum absolute atomic E-state index is 13.2. The van der Waals surface area contributed by atoms with E-state index in [1.807, 2.05) is 11.5 Å². The van der Waals surface area contributed by atoms with Crippen molar-refractivity contribution >= 4 is 11.8 Å². The van der Waals surface area contributed by atoms with Gasteiger partial charge in [-0.25, -0.2) is 4.39 Å². The van der Waals surface area contributed by atoms with Crippen LogP contribution in [0.25, 0.3) is 11.4 Å². The third kappa shape index (κ3) is 4.57. The molecule has 1 aliphatic rings. The maximum Gasteiger partial charge on any atom is 0.192 e. The number of ether oxygens (including phenoxy) is 1.